The van der Waals surface area contributed by atoms with E-state index in [1.165, 1.54) is 50.7 Å². The average Bonchev–Trinajstić information content (AvgIpc) is 2.68. The molecule has 1 unspecified atom stereocenters. The van der Waals surface area contributed by atoms with E-state index in [2.05, 4.69) is 5.32 Å². The maximum Gasteiger partial charge on any atom is 0.457 e. The van der Waals surface area contributed by atoms with Gasteiger partial charge in [0.15, 0.2) is 5.82 Å². The van der Waals surface area contributed by atoms with Crippen LogP contribution in [0.5, 0.6) is 0 Å². The molecule has 0 saturated heterocycles. The van der Waals surface area contributed by atoms with Gasteiger partial charge in [-0.1, -0.05) is 6.07 Å². The molecule has 1 amide bonds. The van der Waals surface area contributed by atoms with Crippen molar-refractivity contribution in [2.75, 3.05) is 10.8 Å². The Morgan fingerprint density at radius 1 is 0.879 bits per heavy atom. The lowest BCUT2D eigenvalue weighted by Gasteiger charge is -2.36. The van der Waals surface area contributed by atoms with E-state index in [1.54, 1.807) is 0 Å². The molecular formula is C17H8F10I2N2O2. The van der Waals surface area contributed by atoms with Gasteiger partial charge in [0.05, 0.1) is 16.9 Å². The third-order valence-electron chi connectivity index (χ3n) is 4.22. The standard InChI is InChI=1S/C17H8F10I2N2O2/c18-11-7(2-1-3-10(11)31-33)13(32)30-12-8(28)4-6(5-9(12)29)14(19,16(22,23)24)15(20,21)17(25,26)27/h1-5,31,33H,(H,30,32). The fourth-order valence-electron chi connectivity index (χ4n) is 2.58. The fourth-order valence-corrected chi connectivity index (χ4v) is 4.62. The first-order valence-corrected chi connectivity index (χ1v) is 10.3. The Balaban J connectivity index is 2.59. The second-order valence-corrected chi connectivity index (χ2v) is 8.60. The summed E-state index contributed by atoms with van der Waals surface area (Å²) in [4.78, 5) is 12.3. The van der Waals surface area contributed by atoms with E-state index in [0.29, 0.717) is 0 Å². The summed E-state index contributed by atoms with van der Waals surface area (Å²) in [7, 11) is 0. The highest BCUT2D eigenvalue weighted by Gasteiger charge is 2.81. The number of hydrogen-bond acceptors (Lipinski definition) is 3. The SMILES string of the molecule is O=C(Nc1c(I)cc(C(F)(C(F)(F)F)C(F)(F)C(F)(F)F)cc1I)c1cccc(NO)c1F. The quantitative estimate of drug-likeness (QED) is 0.177. The number of carbonyl (C=O) groups excluding carboxylic acids is 1. The Hall–Kier alpha value is -1.57. The third kappa shape index (κ3) is 4.82. The molecule has 2 rings (SSSR count). The van der Waals surface area contributed by atoms with Crippen molar-refractivity contribution >= 4 is 62.5 Å². The number of benzene rings is 2. The van der Waals surface area contributed by atoms with Gasteiger partial charge in [0.2, 0.25) is 0 Å². The van der Waals surface area contributed by atoms with Crippen molar-refractivity contribution in [1.29, 1.82) is 0 Å². The lowest BCUT2D eigenvalue weighted by molar-refractivity contribution is -0.389. The Morgan fingerprint density at radius 3 is 1.82 bits per heavy atom. The maximum absolute atomic E-state index is 14.7. The van der Waals surface area contributed by atoms with Crippen molar-refractivity contribution in [3.63, 3.8) is 0 Å². The molecule has 0 aromatic heterocycles. The molecule has 16 heteroatoms. The van der Waals surface area contributed by atoms with Gasteiger partial charge in [-0.15, -0.1) is 0 Å². The van der Waals surface area contributed by atoms with Crippen LogP contribution in [0.2, 0.25) is 0 Å². The van der Waals surface area contributed by atoms with Gasteiger partial charge in [-0.3, -0.25) is 15.5 Å². The summed E-state index contributed by atoms with van der Waals surface area (Å²) in [6.07, 6.45) is -13.6. The van der Waals surface area contributed by atoms with Crippen LogP contribution in [0.4, 0.5) is 55.3 Å². The molecule has 0 heterocycles. The molecule has 1 atom stereocenters. The van der Waals surface area contributed by atoms with Crippen LogP contribution < -0.4 is 10.8 Å². The lowest BCUT2D eigenvalue weighted by Crippen LogP contribution is -2.59. The highest BCUT2D eigenvalue weighted by atomic mass is 127. The van der Waals surface area contributed by atoms with Gasteiger partial charge in [0.1, 0.15) is 0 Å². The van der Waals surface area contributed by atoms with E-state index in [0.717, 1.165) is 18.2 Å². The molecule has 3 N–H and O–H groups in total. The van der Waals surface area contributed by atoms with Gasteiger partial charge >= 0.3 is 23.9 Å². The molecule has 0 radical (unpaired) electrons. The van der Waals surface area contributed by atoms with Crippen LogP contribution in [0.1, 0.15) is 15.9 Å². The molecule has 0 spiro atoms. The van der Waals surface area contributed by atoms with E-state index < -0.39 is 65.3 Å². The zero-order valence-electron chi connectivity index (χ0n) is 15.3. The minimum absolute atomic E-state index is 0.0630. The number of rotatable bonds is 5. The molecule has 0 saturated carbocycles. The van der Waals surface area contributed by atoms with Gasteiger partial charge in [-0.2, -0.15) is 35.1 Å². The summed E-state index contributed by atoms with van der Waals surface area (Å²) < 4.78 is 133. The first kappa shape index (κ1) is 27.7. The predicted molar refractivity (Wildman–Crippen MR) is 111 cm³/mol. The molecule has 0 aliphatic rings. The van der Waals surface area contributed by atoms with Gasteiger partial charge in [-0.05, 0) is 69.4 Å². The fraction of sp³-hybridized carbons (Fsp3) is 0.235. The number of hydrogen-bond donors (Lipinski definition) is 3. The molecule has 2 aromatic rings. The number of alkyl halides is 9. The summed E-state index contributed by atoms with van der Waals surface area (Å²) in [6.45, 7) is 0. The van der Waals surface area contributed by atoms with Crippen molar-refractivity contribution in [3.05, 3.63) is 54.4 Å². The molecule has 0 fully saturated rings. The van der Waals surface area contributed by atoms with Crippen LogP contribution in [0.3, 0.4) is 0 Å². The molecule has 4 nitrogen and oxygen atoms in total. The summed E-state index contributed by atoms with van der Waals surface area (Å²) in [6, 6.07) is 3.28. The van der Waals surface area contributed by atoms with Crippen LogP contribution >= 0.6 is 45.2 Å². The number of anilines is 2. The van der Waals surface area contributed by atoms with Crippen LogP contribution in [0.25, 0.3) is 0 Å². The summed E-state index contributed by atoms with van der Waals surface area (Å²) in [5.74, 6) is -9.30. The number of carbonyl (C=O) groups is 1. The van der Waals surface area contributed by atoms with Gasteiger partial charge in [-0.25, -0.2) is 8.78 Å². The van der Waals surface area contributed by atoms with Gasteiger partial charge in [0.25, 0.3) is 5.91 Å². The van der Waals surface area contributed by atoms with E-state index in [1.807, 2.05) is 0 Å². The summed E-state index contributed by atoms with van der Waals surface area (Å²) in [5.41, 5.74) is -8.31. The Bertz CT molecular complexity index is 1050. The minimum Gasteiger partial charge on any atom is -0.320 e. The average molecular weight is 716 g/mol. The molecule has 182 valence electrons. The zero-order chi connectivity index (χ0) is 25.6. The first-order valence-electron chi connectivity index (χ1n) is 8.09. The summed E-state index contributed by atoms with van der Waals surface area (Å²) >= 11 is 2.36. The second kappa shape index (κ2) is 9.23. The monoisotopic (exact) mass is 716 g/mol. The van der Waals surface area contributed by atoms with Crippen molar-refractivity contribution in [2.24, 2.45) is 0 Å². The largest absolute Gasteiger partial charge is 0.457 e. The van der Waals surface area contributed by atoms with Gasteiger partial charge in [0, 0.05) is 12.7 Å². The molecular weight excluding hydrogens is 708 g/mol. The van der Waals surface area contributed by atoms with E-state index in [4.69, 9.17) is 5.21 Å². The predicted octanol–water partition coefficient (Wildman–Crippen LogP) is 7.01. The smallest absolute Gasteiger partial charge is 0.320 e. The second-order valence-electron chi connectivity index (χ2n) is 6.28. The van der Waals surface area contributed by atoms with Gasteiger partial charge < -0.3 is 5.32 Å². The van der Waals surface area contributed by atoms with E-state index in [-0.39, 0.29) is 12.1 Å². The van der Waals surface area contributed by atoms with Crippen molar-refractivity contribution in [3.8, 4) is 0 Å². The van der Waals surface area contributed by atoms with Crippen molar-refractivity contribution in [2.45, 2.75) is 23.9 Å². The molecule has 0 aliphatic heterocycles. The lowest BCUT2D eigenvalue weighted by atomic mass is 9.87. The molecule has 0 aliphatic carbocycles. The van der Waals surface area contributed by atoms with E-state index >= 15 is 0 Å². The van der Waals surface area contributed by atoms with Crippen molar-refractivity contribution < 1.29 is 53.9 Å². The highest BCUT2D eigenvalue weighted by Crippen LogP contribution is 2.58. The third-order valence-corrected chi connectivity index (χ3v) is 5.92. The first-order chi connectivity index (χ1) is 14.9. The zero-order valence-corrected chi connectivity index (χ0v) is 19.6. The van der Waals surface area contributed by atoms with Crippen LogP contribution in [-0.4, -0.2) is 29.4 Å². The number of nitrogens with one attached hydrogen (secondary N) is 2. The molecule has 2 aromatic carbocycles. The molecule has 0 bridgehead atoms. The minimum atomic E-state index is -6.88. The van der Waals surface area contributed by atoms with E-state index in [9.17, 15) is 48.7 Å². The maximum atomic E-state index is 14.7. The Morgan fingerprint density at radius 2 is 1.39 bits per heavy atom. The summed E-state index contributed by atoms with van der Waals surface area (Å²) in [5, 5.41) is 10.9. The van der Waals surface area contributed by atoms with Crippen LogP contribution in [-0.2, 0) is 5.67 Å². The Labute approximate surface area is 205 Å². The van der Waals surface area contributed by atoms with Crippen LogP contribution in [0, 0.1) is 13.0 Å². The highest BCUT2D eigenvalue weighted by molar-refractivity contribution is 14.1. The number of amides is 1. The van der Waals surface area contributed by atoms with Crippen LogP contribution in [0.15, 0.2) is 30.3 Å². The molecule has 33 heavy (non-hydrogen) atoms. The van der Waals surface area contributed by atoms with Crippen molar-refractivity contribution in [1.82, 2.24) is 0 Å². The normalized spacial score (nSPS) is 14.6. The Kier molecular flexibility index (Phi) is 7.74. The number of halogens is 12. The topological polar surface area (TPSA) is 61.4 Å².